The van der Waals surface area contributed by atoms with E-state index in [1.807, 2.05) is 34.6 Å². The first-order chi connectivity index (χ1) is 9.28. The summed E-state index contributed by atoms with van der Waals surface area (Å²) in [6, 6.07) is 0. The third-order valence-electron chi connectivity index (χ3n) is 3.13. The van der Waals surface area contributed by atoms with Crippen LogP contribution in [0.2, 0.25) is 0 Å². The number of carbonyl (C=O) groups is 2. The maximum Gasteiger partial charge on any atom is 0.407 e. The zero-order chi connectivity index (χ0) is 15.8. The molecule has 0 spiro atoms. The first-order valence-corrected chi connectivity index (χ1v) is 7.47. The van der Waals surface area contributed by atoms with Crippen LogP contribution in [0.25, 0.3) is 0 Å². The standard InChI is InChI=1S/C13H23NO4.C2H6/c1-13(2,3)18-12(17)14-8-9-4-6-10(7-5-9)11(15)16;1-2/h9-10H,4-8H2,1-3H3,(H,14,17)(H,15,16);1-2H3. The molecule has 0 heterocycles. The fourth-order valence-corrected chi connectivity index (χ4v) is 2.16. The molecule has 0 saturated heterocycles. The van der Waals surface area contributed by atoms with Gasteiger partial charge in [0.05, 0.1) is 5.92 Å². The molecular weight excluding hydrogens is 258 g/mol. The Morgan fingerprint density at radius 2 is 1.65 bits per heavy atom. The van der Waals surface area contributed by atoms with Gasteiger partial charge >= 0.3 is 12.1 Å². The molecule has 0 bridgehead atoms. The highest BCUT2D eigenvalue weighted by Gasteiger charge is 2.26. The van der Waals surface area contributed by atoms with Crippen LogP contribution >= 0.6 is 0 Å². The van der Waals surface area contributed by atoms with Crippen LogP contribution in [0, 0.1) is 11.8 Å². The first kappa shape index (κ1) is 18.7. The van der Waals surface area contributed by atoms with Crippen molar-refractivity contribution < 1.29 is 19.4 Å². The molecule has 0 radical (unpaired) electrons. The van der Waals surface area contributed by atoms with Gasteiger partial charge in [-0.3, -0.25) is 4.79 Å². The summed E-state index contributed by atoms with van der Waals surface area (Å²) in [7, 11) is 0. The Morgan fingerprint density at radius 3 is 2.05 bits per heavy atom. The van der Waals surface area contributed by atoms with Crippen LogP contribution in [0.5, 0.6) is 0 Å². The lowest BCUT2D eigenvalue weighted by Gasteiger charge is -2.27. The Labute approximate surface area is 122 Å². The van der Waals surface area contributed by atoms with E-state index in [9.17, 15) is 9.59 Å². The lowest BCUT2D eigenvalue weighted by Crippen LogP contribution is -2.36. The highest BCUT2D eigenvalue weighted by molar-refractivity contribution is 5.70. The van der Waals surface area contributed by atoms with E-state index >= 15 is 0 Å². The molecule has 118 valence electrons. The minimum absolute atomic E-state index is 0.206. The van der Waals surface area contributed by atoms with E-state index in [4.69, 9.17) is 9.84 Å². The van der Waals surface area contributed by atoms with Crippen LogP contribution in [0.3, 0.4) is 0 Å². The summed E-state index contributed by atoms with van der Waals surface area (Å²) in [6.45, 7) is 10.0. The van der Waals surface area contributed by atoms with Crippen molar-refractivity contribution in [2.45, 2.75) is 65.9 Å². The fraction of sp³-hybridized carbons (Fsp3) is 0.867. The molecule has 5 heteroatoms. The summed E-state index contributed by atoms with van der Waals surface area (Å²) in [5, 5.41) is 11.6. The van der Waals surface area contributed by atoms with Gasteiger partial charge in [-0.05, 0) is 52.4 Å². The second-order valence-corrected chi connectivity index (χ2v) is 5.94. The molecule has 0 aromatic carbocycles. The van der Waals surface area contributed by atoms with E-state index < -0.39 is 17.7 Å². The Kier molecular flexibility index (Phi) is 8.26. The molecule has 2 N–H and O–H groups in total. The van der Waals surface area contributed by atoms with Crippen molar-refractivity contribution in [1.82, 2.24) is 5.32 Å². The van der Waals surface area contributed by atoms with Gasteiger partial charge in [0.25, 0.3) is 0 Å². The normalized spacial score (nSPS) is 22.2. The molecule has 1 amide bonds. The Morgan fingerprint density at radius 1 is 1.15 bits per heavy atom. The third-order valence-corrected chi connectivity index (χ3v) is 3.13. The van der Waals surface area contributed by atoms with E-state index in [0.717, 1.165) is 12.8 Å². The van der Waals surface area contributed by atoms with Crippen LogP contribution in [-0.4, -0.2) is 29.3 Å². The number of nitrogens with one attached hydrogen (secondary N) is 1. The summed E-state index contributed by atoms with van der Waals surface area (Å²) >= 11 is 0. The van der Waals surface area contributed by atoms with Gasteiger partial charge in [-0.25, -0.2) is 4.79 Å². The molecule has 0 unspecified atom stereocenters. The van der Waals surface area contributed by atoms with E-state index in [1.165, 1.54) is 0 Å². The number of rotatable bonds is 3. The number of carboxylic acids is 1. The molecule has 0 aromatic rings. The number of aliphatic carboxylic acids is 1. The second kappa shape index (κ2) is 8.82. The molecule has 1 saturated carbocycles. The maximum atomic E-state index is 11.4. The zero-order valence-corrected chi connectivity index (χ0v) is 13.4. The predicted octanol–water partition coefficient (Wildman–Crippen LogP) is 3.43. The zero-order valence-electron chi connectivity index (χ0n) is 13.4. The van der Waals surface area contributed by atoms with Crippen molar-refractivity contribution in [2.24, 2.45) is 11.8 Å². The molecule has 1 aliphatic carbocycles. The average molecular weight is 287 g/mol. The lowest BCUT2D eigenvalue weighted by atomic mass is 9.82. The van der Waals surface area contributed by atoms with Gasteiger partial charge in [0, 0.05) is 6.54 Å². The molecule has 0 atom stereocenters. The largest absolute Gasteiger partial charge is 0.481 e. The van der Waals surface area contributed by atoms with E-state index in [2.05, 4.69) is 5.32 Å². The number of ether oxygens (including phenoxy) is 1. The van der Waals surface area contributed by atoms with Gasteiger partial charge < -0.3 is 15.2 Å². The van der Waals surface area contributed by atoms with Gasteiger partial charge in [0.1, 0.15) is 5.60 Å². The van der Waals surface area contributed by atoms with E-state index in [0.29, 0.717) is 25.3 Å². The minimum Gasteiger partial charge on any atom is -0.481 e. The minimum atomic E-state index is -0.700. The van der Waals surface area contributed by atoms with Crippen molar-refractivity contribution in [3.8, 4) is 0 Å². The van der Waals surface area contributed by atoms with Gasteiger partial charge in [-0.15, -0.1) is 0 Å². The number of amides is 1. The number of carbonyl (C=O) groups excluding carboxylic acids is 1. The molecule has 1 aliphatic rings. The highest BCUT2D eigenvalue weighted by atomic mass is 16.6. The van der Waals surface area contributed by atoms with E-state index in [-0.39, 0.29) is 5.92 Å². The summed E-state index contributed by atoms with van der Waals surface area (Å²) in [5.41, 5.74) is -0.481. The second-order valence-electron chi connectivity index (χ2n) is 5.94. The molecule has 5 nitrogen and oxygen atoms in total. The smallest absolute Gasteiger partial charge is 0.407 e. The van der Waals surface area contributed by atoms with Crippen LogP contribution in [0.1, 0.15) is 60.3 Å². The molecule has 0 aromatic heterocycles. The van der Waals surface area contributed by atoms with E-state index in [1.54, 1.807) is 0 Å². The van der Waals surface area contributed by atoms with Crippen molar-refractivity contribution >= 4 is 12.1 Å². The topological polar surface area (TPSA) is 75.6 Å². The van der Waals surface area contributed by atoms with Crippen LogP contribution < -0.4 is 5.32 Å². The maximum absolute atomic E-state index is 11.4. The van der Waals surface area contributed by atoms with Crippen LogP contribution in [0.15, 0.2) is 0 Å². The van der Waals surface area contributed by atoms with Crippen molar-refractivity contribution in [3.05, 3.63) is 0 Å². The fourth-order valence-electron chi connectivity index (χ4n) is 2.16. The summed E-state index contributed by atoms with van der Waals surface area (Å²) < 4.78 is 5.14. The third kappa shape index (κ3) is 8.02. The number of hydrogen-bond donors (Lipinski definition) is 2. The lowest BCUT2D eigenvalue weighted by molar-refractivity contribution is -0.143. The highest BCUT2D eigenvalue weighted by Crippen LogP contribution is 2.28. The van der Waals surface area contributed by atoms with Gasteiger partial charge in [-0.1, -0.05) is 13.8 Å². The van der Waals surface area contributed by atoms with Gasteiger partial charge in [-0.2, -0.15) is 0 Å². The Bertz CT molecular complexity index is 301. The number of hydrogen-bond acceptors (Lipinski definition) is 3. The molecule has 1 fully saturated rings. The van der Waals surface area contributed by atoms with Gasteiger partial charge in [0.2, 0.25) is 0 Å². The van der Waals surface area contributed by atoms with Crippen molar-refractivity contribution in [3.63, 3.8) is 0 Å². The van der Waals surface area contributed by atoms with Crippen molar-refractivity contribution in [2.75, 3.05) is 6.54 Å². The SMILES string of the molecule is CC.CC(C)(C)OC(=O)NCC1CCC(C(=O)O)CC1. The van der Waals surface area contributed by atoms with Crippen molar-refractivity contribution in [1.29, 1.82) is 0 Å². The summed E-state index contributed by atoms with van der Waals surface area (Å²) in [4.78, 5) is 22.2. The number of alkyl carbamates (subject to hydrolysis) is 1. The first-order valence-electron chi connectivity index (χ1n) is 7.47. The summed E-state index contributed by atoms with van der Waals surface area (Å²) in [5.74, 6) is -0.538. The molecular formula is C15H29NO4. The molecule has 20 heavy (non-hydrogen) atoms. The molecule has 1 rings (SSSR count). The average Bonchev–Trinajstić information content (AvgIpc) is 2.37. The molecule has 0 aliphatic heterocycles. The van der Waals surface area contributed by atoms with Crippen LogP contribution in [0.4, 0.5) is 4.79 Å². The monoisotopic (exact) mass is 287 g/mol. The predicted molar refractivity (Wildman–Crippen MR) is 78.7 cm³/mol. The quantitative estimate of drug-likeness (QED) is 0.834. The Balaban J connectivity index is 0.00000172. The summed E-state index contributed by atoms with van der Waals surface area (Å²) in [6.07, 6.45) is 2.72. The van der Waals surface area contributed by atoms with Crippen LogP contribution in [-0.2, 0) is 9.53 Å². The number of carboxylic acid groups (broad SMARTS) is 1. The van der Waals surface area contributed by atoms with Gasteiger partial charge in [0.15, 0.2) is 0 Å². The Hall–Kier alpha value is -1.26.